The van der Waals surface area contributed by atoms with E-state index in [-0.39, 0.29) is 23.6 Å². The Labute approximate surface area is 225 Å². The number of nitrogens with zero attached hydrogens (tertiary/aromatic N) is 4. The van der Waals surface area contributed by atoms with E-state index < -0.39 is 38.8 Å². The molecule has 2 aromatic rings. The number of carbonyl (C=O) groups excluding carboxylic acids is 1. The first-order valence-electron chi connectivity index (χ1n) is 13.0. The minimum atomic E-state index is -4.72. The summed E-state index contributed by atoms with van der Waals surface area (Å²) < 4.78 is 73.4. The number of pyridine rings is 1. The second-order valence-electron chi connectivity index (χ2n) is 10.1. The summed E-state index contributed by atoms with van der Waals surface area (Å²) in [6.07, 6.45) is 1.33. The first kappa shape index (κ1) is 29.2. The van der Waals surface area contributed by atoms with Crippen molar-refractivity contribution in [3.8, 4) is 11.3 Å². The number of rotatable bonds is 8. The normalized spacial score (nSPS) is 19.7. The predicted octanol–water partition coefficient (Wildman–Crippen LogP) is 3.78. The number of ether oxygens (including phenoxy) is 1. The Hall–Kier alpha value is -2.84. The van der Waals surface area contributed by atoms with Crippen LogP contribution in [0, 0.1) is 11.8 Å². The summed E-state index contributed by atoms with van der Waals surface area (Å²) in [6.45, 7) is 5.42. The summed E-state index contributed by atoms with van der Waals surface area (Å²) in [5.41, 5.74) is -1.31. The van der Waals surface area contributed by atoms with Gasteiger partial charge in [0.05, 0.1) is 34.8 Å². The Morgan fingerprint density at radius 3 is 2.59 bits per heavy atom. The molecule has 1 atom stereocenters. The molecular weight excluding hydrogens is 537 g/mol. The van der Waals surface area contributed by atoms with Crippen LogP contribution >= 0.6 is 0 Å². The van der Waals surface area contributed by atoms with E-state index in [0.29, 0.717) is 57.1 Å². The average Bonchev–Trinajstić information content (AvgIpc) is 2.92. The number of hydrogen-bond acceptors (Lipinski definition) is 8. The van der Waals surface area contributed by atoms with Gasteiger partial charge in [0.2, 0.25) is 15.9 Å². The number of sulfonamides is 1. The molecule has 1 amide bonds. The molecule has 0 aliphatic carbocycles. The van der Waals surface area contributed by atoms with Crippen LogP contribution in [-0.2, 0) is 25.7 Å². The van der Waals surface area contributed by atoms with Gasteiger partial charge in [0.15, 0.2) is 0 Å². The maximum Gasteiger partial charge on any atom is 0.418 e. The summed E-state index contributed by atoms with van der Waals surface area (Å²) in [4.78, 5) is 25.2. The fourth-order valence-corrected chi connectivity index (χ4v) is 6.02. The zero-order valence-corrected chi connectivity index (χ0v) is 22.7. The Morgan fingerprint density at radius 1 is 1.15 bits per heavy atom. The van der Waals surface area contributed by atoms with Crippen molar-refractivity contribution in [3.63, 3.8) is 0 Å². The van der Waals surface area contributed by atoms with E-state index >= 15 is 0 Å². The highest BCUT2D eigenvalue weighted by Gasteiger charge is 2.36. The molecule has 0 saturated carbocycles. The summed E-state index contributed by atoms with van der Waals surface area (Å²) in [5.74, 6) is -0.548. The van der Waals surface area contributed by atoms with Gasteiger partial charge in [-0.05, 0) is 51.5 Å². The van der Waals surface area contributed by atoms with E-state index in [0.717, 1.165) is 18.9 Å². The molecule has 2 N–H and O–H groups in total. The number of nitrogens with one attached hydrogen (secondary N) is 2. The molecule has 4 heterocycles. The van der Waals surface area contributed by atoms with Gasteiger partial charge >= 0.3 is 6.18 Å². The lowest BCUT2D eigenvalue weighted by Crippen LogP contribution is -2.46. The minimum absolute atomic E-state index is 0.00610. The second-order valence-corrected chi connectivity index (χ2v) is 12.6. The lowest BCUT2D eigenvalue weighted by atomic mass is 9.98. The number of hydrogen-bond donors (Lipinski definition) is 2. The number of anilines is 2. The van der Waals surface area contributed by atoms with E-state index in [1.807, 2.05) is 0 Å². The Balaban J connectivity index is 1.53. The van der Waals surface area contributed by atoms with Crippen molar-refractivity contribution in [2.24, 2.45) is 11.8 Å². The fraction of sp³-hybridized carbons (Fsp3) is 0.600. The van der Waals surface area contributed by atoms with E-state index in [2.05, 4.69) is 25.6 Å². The minimum Gasteiger partial charge on any atom is -0.381 e. The highest BCUT2D eigenvalue weighted by molar-refractivity contribution is 7.89. The van der Waals surface area contributed by atoms with E-state index in [9.17, 15) is 26.4 Å². The van der Waals surface area contributed by atoms with Gasteiger partial charge in [-0.2, -0.15) is 13.2 Å². The lowest BCUT2D eigenvalue weighted by molar-refractivity contribution is -0.137. The molecule has 214 valence electrons. The molecule has 2 aliphatic rings. The Kier molecular flexibility index (Phi) is 9.07. The van der Waals surface area contributed by atoms with Crippen molar-refractivity contribution < 1.29 is 31.1 Å². The molecule has 2 aliphatic heterocycles. The first-order chi connectivity index (χ1) is 18.4. The molecule has 10 nitrogen and oxygen atoms in total. The van der Waals surface area contributed by atoms with Crippen LogP contribution in [-0.4, -0.2) is 71.7 Å². The molecule has 0 bridgehead atoms. The van der Waals surface area contributed by atoms with Gasteiger partial charge in [-0.25, -0.2) is 22.7 Å². The molecule has 2 fully saturated rings. The largest absolute Gasteiger partial charge is 0.418 e. The quantitative estimate of drug-likeness (QED) is 0.491. The van der Waals surface area contributed by atoms with Gasteiger partial charge in [0.25, 0.3) is 0 Å². The van der Waals surface area contributed by atoms with Crippen LogP contribution in [0.1, 0.15) is 45.1 Å². The summed E-state index contributed by atoms with van der Waals surface area (Å²) in [7, 11) is -3.53. The Bertz CT molecular complexity index is 1270. The van der Waals surface area contributed by atoms with Crippen LogP contribution in [0.4, 0.5) is 24.8 Å². The number of aromatic nitrogens is 3. The van der Waals surface area contributed by atoms with Crippen molar-refractivity contribution in [1.82, 2.24) is 19.3 Å². The molecule has 0 spiro atoms. The maximum absolute atomic E-state index is 13.9. The molecular formula is C25H33F3N6O4S. The van der Waals surface area contributed by atoms with Crippen LogP contribution < -0.4 is 10.6 Å². The SMILES string of the molecule is CC(C)S(=O)(=O)N1CCC[C@H](C(=O)Nc2cc(-c3cncc(NCC4CCOCC4)n3)c(C(F)(F)F)cn2)C1. The number of piperidine rings is 1. The van der Waals surface area contributed by atoms with Gasteiger partial charge < -0.3 is 15.4 Å². The van der Waals surface area contributed by atoms with E-state index in [1.165, 1.54) is 16.7 Å². The summed E-state index contributed by atoms with van der Waals surface area (Å²) >= 11 is 0. The van der Waals surface area contributed by atoms with Crippen molar-refractivity contribution in [1.29, 1.82) is 0 Å². The van der Waals surface area contributed by atoms with Crippen molar-refractivity contribution in [2.75, 3.05) is 43.5 Å². The van der Waals surface area contributed by atoms with Crippen LogP contribution in [0.3, 0.4) is 0 Å². The molecule has 4 rings (SSSR count). The van der Waals surface area contributed by atoms with Crippen LogP contribution in [0.2, 0.25) is 0 Å². The third kappa shape index (κ3) is 7.22. The lowest BCUT2D eigenvalue weighted by Gasteiger charge is -2.32. The summed E-state index contributed by atoms with van der Waals surface area (Å²) in [6, 6.07) is 1.12. The molecule has 2 aromatic heterocycles. The van der Waals surface area contributed by atoms with Gasteiger partial charge in [-0.1, -0.05) is 0 Å². The van der Waals surface area contributed by atoms with Gasteiger partial charge in [0, 0.05) is 44.6 Å². The molecule has 39 heavy (non-hydrogen) atoms. The van der Waals surface area contributed by atoms with Crippen LogP contribution in [0.15, 0.2) is 24.7 Å². The van der Waals surface area contributed by atoms with Crippen LogP contribution in [0.25, 0.3) is 11.3 Å². The maximum atomic E-state index is 13.9. The smallest absolute Gasteiger partial charge is 0.381 e. The Morgan fingerprint density at radius 2 is 1.90 bits per heavy atom. The van der Waals surface area contributed by atoms with Crippen LogP contribution in [0.5, 0.6) is 0 Å². The second kappa shape index (κ2) is 12.1. The topological polar surface area (TPSA) is 126 Å². The van der Waals surface area contributed by atoms with Crippen molar-refractivity contribution in [3.05, 3.63) is 30.2 Å². The number of amides is 1. The average molecular weight is 571 g/mol. The highest BCUT2D eigenvalue weighted by Crippen LogP contribution is 2.37. The molecule has 0 radical (unpaired) electrons. The summed E-state index contributed by atoms with van der Waals surface area (Å²) in [5, 5.41) is 5.09. The highest BCUT2D eigenvalue weighted by atomic mass is 32.2. The fourth-order valence-electron chi connectivity index (χ4n) is 4.66. The van der Waals surface area contributed by atoms with Crippen molar-refractivity contribution >= 4 is 27.6 Å². The van der Waals surface area contributed by atoms with E-state index in [1.54, 1.807) is 13.8 Å². The molecule has 14 heteroatoms. The first-order valence-corrected chi connectivity index (χ1v) is 14.5. The number of halogens is 3. The third-order valence-corrected chi connectivity index (χ3v) is 9.24. The number of alkyl halides is 3. The van der Waals surface area contributed by atoms with Gasteiger partial charge in [-0.15, -0.1) is 0 Å². The standard InChI is InChI=1S/C25H33F3N6O4S/c1-16(2)39(36,37)34-7-3-4-18(15-34)24(35)33-22-10-19(20(12-31-22)25(26,27)28)21-13-29-14-23(32-21)30-11-17-5-8-38-9-6-17/h10,12-14,16-18H,3-9,11,15H2,1-2H3,(H,30,32)(H,31,33,35)/t18-/m0/s1. The monoisotopic (exact) mass is 570 g/mol. The van der Waals surface area contributed by atoms with Crippen molar-refractivity contribution in [2.45, 2.75) is 51.0 Å². The molecule has 0 aromatic carbocycles. The van der Waals surface area contributed by atoms with E-state index in [4.69, 9.17) is 4.74 Å². The van der Waals surface area contributed by atoms with Gasteiger partial charge in [0.1, 0.15) is 11.6 Å². The zero-order valence-electron chi connectivity index (χ0n) is 21.9. The molecule has 2 saturated heterocycles. The number of carbonyl (C=O) groups is 1. The van der Waals surface area contributed by atoms with Gasteiger partial charge in [-0.3, -0.25) is 9.78 Å². The predicted molar refractivity (Wildman–Crippen MR) is 139 cm³/mol. The molecule has 0 unspecified atom stereocenters. The zero-order chi connectivity index (χ0) is 28.2. The third-order valence-electron chi connectivity index (χ3n) is 6.99.